The smallest absolute Gasteiger partial charge is 0.308 e. The number of amides is 3. The number of esters is 1. The molecule has 5 rings (SSSR count). The molecule has 178 valence electrons. The Morgan fingerprint density at radius 1 is 1.09 bits per heavy atom. The van der Waals surface area contributed by atoms with Crippen molar-refractivity contribution in [3.63, 3.8) is 0 Å². The molecule has 1 unspecified atom stereocenters. The Bertz CT molecular complexity index is 1300. The van der Waals surface area contributed by atoms with Gasteiger partial charge in [-0.2, -0.15) is 0 Å². The third-order valence-electron chi connectivity index (χ3n) is 5.64. The van der Waals surface area contributed by atoms with Crippen LogP contribution in [0, 0.1) is 0 Å². The fourth-order valence-electron chi connectivity index (χ4n) is 4.06. The van der Waals surface area contributed by atoms with E-state index in [-0.39, 0.29) is 25.7 Å². The molecule has 0 N–H and O–H groups in total. The lowest BCUT2D eigenvalue weighted by atomic mass is 10.1. The van der Waals surface area contributed by atoms with E-state index in [0.29, 0.717) is 27.8 Å². The summed E-state index contributed by atoms with van der Waals surface area (Å²) in [4.78, 5) is 53.9. The molecule has 1 aromatic heterocycles. The van der Waals surface area contributed by atoms with E-state index in [4.69, 9.17) is 14.2 Å². The molecule has 0 bridgehead atoms. The van der Waals surface area contributed by atoms with E-state index in [0.717, 1.165) is 10.5 Å². The van der Waals surface area contributed by atoms with Crippen molar-refractivity contribution in [2.75, 3.05) is 11.7 Å². The van der Waals surface area contributed by atoms with Crippen LogP contribution < -0.4 is 19.1 Å². The molecule has 3 aromatic rings. The average molecular weight is 493 g/mol. The van der Waals surface area contributed by atoms with Crippen LogP contribution in [0.3, 0.4) is 0 Å². The third-order valence-corrected chi connectivity index (χ3v) is 6.50. The van der Waals surface area contributed by atoms with Crippen LogP contribution in [0.15, 0.2) is 60.0 Å². The highest BCUT2D eigenvalue weighted by Gasteiger charge is 2.44. The van der Waals surface area contributed by atoms with E-state index in [1.165, 1.54) is 47.4 Å². The number of nitrogens with zero attached hydrogens (tertiary/aromatic N) is 2. The number of carbonyl (C=O) groups excluding carboxylic acids is 4. The Labute approximate surface area is 204 Å². The zero-order valence-corrected chi connectivity index (χ0v) is 19.4. The summed E-state index contributed by atoms with van der Waals surface area (Å²) in [6.45, 7) is 1.51. The first-order valence-electron chi connectivity index (χ1n) is 10.8. The molecule has 9 nitrogen and oxygen atoms in total. The second-order valence-corrected chi connectivity index (χ2v) is 8.92. The van der Waals surface area contributed by atoms with Gasteiger partial charge in [0.15, 0.2) is 11.5 Å². The SMILES string of the molecule is CC(=O)Oc1ccc(N2C(=O)CC(N(Cc3ccc4c(c3)OCO4)C(=O)c3cccs3)C2=O)cc1. The largest absolute Gasteiger partial charge is 0.454 e. The van der Waals surface area contributed by atoms with E-state index in [1.54, 1.807) is 35.7 Å². The standard InChI is InChI=1S/C25H20N2O7S/c1-15(28)34-18-7-5-17(6-8-18)27-23(29)12-19(24(27)30)26(25(31)22-3-2-10-35-22)13-16-4-9-20-21(11-16)33-14-32-20/h2-11,19H,12-14H2,1H3. The second kappa shape index (κ2) is 9.22. The number of carbonyl (C=O) groups is 4. The van der Waals surface area contributed by atoms with Crippen LogP contribution in [0.1, 0.15) is 28.6 Å². The van der Waals surface area contributed by atoms with Crippen LogP contribution in [0.2, 0.25) is 0 Å². The van der Waals surface area contributed by atoms with E-state index >= 15 is 0 Å². The van der Waals surface area contributed by atoms with Crippen molar-refractivity contribution in [1.82, 2.24) is 4.90 Å². The first kappa shape index (κ1) is 22.6. The first-order chi connectivity index (χ1) is 16.9. The predicted molar refractivity (Wildman–Crippen MR) is 125 cm³/mol. The van der Waals surface area contributed by atoms with Gasteiger partial charge < -0.3 is 19.1 Å². The number of anilines is 1. The van der Waals surface area contributed by atoms with Gasteiger partial charge in [0.2, 0.25) is 12.7 Å². The molecule has 2 aliphatic rings. The van der Waals surface area contributed by atoms with Gasteiger partial charge in [-0.05, 0) is 53.4 Å². The highest BCUT2D eigenvalue weighted by molar-refractivity contribution is 7.12. The van der Waals surface area contributed by atoms with Crippen molar-refractivity contribution in [3.05, 3.63) is 70.4 Å². The third kappa shape index (κ3) is 4.47. The monoisotopic (exact) mass is 492 g/mol. The van der Waals surface area contributed by atoms with Crippen LogP contribution in [-0.4, -0.2) is 41.4 Å². The summed E-state index contributed by atoms with van der Waals surface area (Å²) in [7, 11) is 0. The number of thiophene rings is 1. The van der Waals surface area contributed by atoms with Gasteiger partial charge in [0, 0.05) is 13.5 Å². The molecular formula is C25H20N2O7S. The molecule has 0 saturated carbocycles. The number of benzene rings is 2. The van der Waals surface area contributed by atoms with Gasteiger partial charge in [0.1, 0.15) is 11.8 Å². The van der Waals surface area contributed by atoms with Crippen molar-refractivity contribution >= 4 is 40.7 Å². The summed E-state index contributed by atoms with van der Waals surface area (Å²) < 4.78 is 15.8. The molecule has 3 amide bonds. The molecule has 3 heterocycles. The van der Waals surface area contributed by atoms with Crippen LogP contribution in [0.5, 0.6) is 17.2 Å². The maximum Gasteiger partial charge on any atom is 0.308 e. The van der Waals surface area contributed by atoms with E-state index in [2.05, 4.69) is 0 Å². The first-order valence-corrected chi connectivity index (χ1v) is 11.7. The van der Waals surface area contributed by atoms with Gasteiger partial charge in [-0.25, -0.2) is 4.90 Å². The van der Waals surface area contributed by atoms with Crippen molar-refractivity contribution in [1.29, 1.82) is 0 Å². The molecule has 1 fully saturated rings. The average Bonchev–Trinajstić information content (AvgIpc) is 3.58. The molecule has 1 saturated heterocycles. The lowest BCUT2D eigenvalue weighted by Gasteiger charge is -2.27. The zero-order chi connectivity index (χ0) is 24.5. The van der Waals surface area contributed by atoms with Crippen LogP contribution in [0.25, 0.3) is 0 Å². The maximum absolute atomic E-state index is 13.5. The number of ether oxygens (including phenoxy) is 3. The van der Waals surface area contributed by atoms with Gasteiger partial charge >= 0.3 is 5.97 Å². The van der Waals surface area contributed by atoms with Crippen LogP contribution in [-0.2, 0) is 20.9 Å². The highest BCUT2D eigenvalue weighted by atomic mass is 32.1. The lowest BCUT2D eigenvalue weighted by molar-refractivity contribution is -0.132. The Morgan fingerprint density at radius 3 is 2.57 bits per heavy atom. The number of hydrogen-bond donors (Lipinski definition) is 0. The minimum Gasteiger partial charge on any atom is -0.454 e. The number of hydrogen-bond acceptors (Lipinski definition) is 8. The Morgan fingerprint density at radius 2 is 1.86 bits per heavy atom. The van der Waals surface area contributed by atoms with Crippen LogP contribution >= 0.6 is 11.3 Å². The topological polar surface area (TPSA) is 102 Å². The molecule has 0 aliphatic carbocycles. The van der Waals surface area contributed by atoms with Gasteiger partial charge in [-0.3, -0.25) is 19.2 Å². The van der Waals surface area contributed by atoms with Crippen molar-refractivity contribution in [2.24, 2.45) is 0 Å². The Balaban J connectivity index is 1.43. The van der Waals surface area contributed by atoms with E-state index in [1.807, 2.05) is 0 Å². The molecule has 1 atom stereocenters. The molecule has 35 heavy (non-hydrogen) atoms. The molecule has 0 radical (unpaired) electrons. The molecule has 2 aliphatic heterocycles. The fourth-order valence-corrected chi connectivity index (χ4v) is 4.74. The number of rotatable bonds is 6. The Kier molecular flexibility index (Phi) is 5.96. The fraction of sp³-hybridized carbons (Fsp3) is 0.200. The predicted octanol–water partition coefficient (Wildman–Crippen LogP) is 3.38. The molecule has 10 heteroatoms. The summed E-state index contributed by atoms with van der Waals surface area (Å²) in [5.41, 5.74) is 1.08. The minimum absolute atomic E-state index is 0.107. The minimum atomic E-state index is -0.976. The summed E-state index contributed by atoms with van der Waals surface area (Å²) in [6, 6.07) is 13.9. The summed E-state index contributed by atoms with van der Waals surface area (Å²) in [6.07, 6.45) is -0.147. The van der Waals surface area contributed by atoms with E-state index in [9.17, 15) is 19.2 Å². The number of fused-ring (bicyclic) bond motifs is 1. The zero-order valence-electron chi connectivity index (χ0n) is 18.6. The van der Waals surface area contributed by atoms with Gasteiger partial charge in [0.05, 0.1) is 17.0 Å². The van der Waals surface area contributed by atoms with Crippen molar-refractivity contribution in [3.8, 4) is 17.2 Å². The van der Waals surface area contributed by atoms with Gasteiger partial charge in [-0.15, -0.1) is 11.3 Å². The lowest BCUT2D eigenvalue weighted by Crippen LogP contribution is -2.44. The summed E-state index contributed by atoms with van der Waals surface area (Å²) in [5, 5.41) is 1.78. The van der Waals surface area contributed by atoms with Crippen molar-refractivity contribution < 1.29 is 33.4 Å². The van der Waals surface area contributed by atoms with Gasteiger partial charge in [0.25, 0.3) is 11.8 Å². The molecule has 0 spiro atoms. The van der Waals surface area contributed by atoms with Crippen molar-refractivity contribution in [2.45, 2.75) is 25.9 Å². The highest BCUT2D eigenvalue weighted by Crippen LogP contribution is 2.34. The quantitative estimate of drug-likeness (QED) is 0.295. The normalized spacial score (nSPS) is 16.5. The second-order valence-electron chi connectivity index (χ2n) is 7.97. The number of imide groups is 1. The maximum atomic E-state index is 13.5. The summed E-state index contributed by atoms with van der Waals surface area (Å²) >= 11 is 1.27. The molecular weight excluding hydrogens is 472 g/mol. The van der Waals surface area contributed by atoms with E-state index < -0.39 is 23.8 Å². The van der Waals surface area contributed by atoms with Gasteiger partial charge in [-0.1, -0.05) is 12.1 Å². The van der Waals surface area contributed by atoms with Crippen LogP contribution in [0.4, 0.5) is 5.69 Å². The Hall–Kier alpha value is -4.18. The molecule has 2 aromatic carbocycles. The summed E-state index contributed by atoms with van der Waals surface area (Å²) in [5.74, 6) is -0.257.